The molecule has 0 aliphatic rings. The van der Waals surface area contributed by atoms with Crippen molar-refractivity contribution in [2.45, 2.75) is 64.5 Å². The molecule has 0 amide bonds. The maximum absolute atomic E-state index is 7.59. The topological polar surface area (TPSA) is 36.9 Å². The van der Waals surface area contributed by atoms with E-state index < -0.39 is 8.32 Å². The fraction of sp³-hybridized carbons (Fsp3) is 0.317. The van der Waals surface area contributed by atoms with E-state index in [4.69, 9.17) is 18.6 Å². The number of hydrogen-bond donors (Lipinski definition) is 0. The van der Waals surface area contributed by atoms with Crippen LogP contribution in [0.4, 0.5) is 0 Å². The molecule has 1 aromatic heterocycles. The third-order valence-corrected chi connectivity index (χ3v) is 14.4. The molecule has 0 fully saturated rings. The van der Waals surface area contributed by atoms with Gasteiger partial charge < -0.3 is 18.6 Å². The molecule has 0 saturated carbocycles. The van der Waals surface area contributed by atoms with E-state index in [1.165, 1.54) is 20.8 Å². The molecule has 0 aliphatic carbocycles. The van der Waals surface area contributed by atoms with Crippen LogP contribution in [0.2, 0.25) is 5.04 Å². The number of rotatable bonds is 16. The molecule has 0 bridgehead atoms. The highest BCUT2D eigenvalue weighted by Crippen LogP contribution is 2.42. The molecule has 0 aliphatic heterocycles. The Kier molecular flexibility index (Phi) is 13.3. The van der Waals surface area contributed by atoms with Crippen molar-refractivity contribution in [1.29, 1.82) is 0 Å². The number of ether oxygens (including phenoxy) is 3. The van der Waals surface area contributed by atoms with Gasteiger partial charge in [-0.25, -0.2) is 0 Å². The Hall–Kier alpha value is -3.84. The van der Waals surface area contributed by atoms with E-state index in [1.807, 2.05) is 12.1 Å². The predicted molar refractivity (Wildman–Crippen MR) is 202 cm³/mol. The summed E-state index contributed by atoms with van der Waals surface area (Å²) in [5, 5.41) is 4.72. The zero-order valence-corrected chi connectivity index (χ0v) is 30.8. The molecule has 4 rings (SSSR count). The first-order valence-corrected chi connectivity index (χ1v) is 19.1. The van der Waals surface area contributed by atoms with Gasteiger partial charge in [0.1, 0.15) is 0 Å². The SMILES string of the molecule is COc1cc(/C=C/CC/C=C/C=C(\C)CCC(O[Si](c2ccccc2)(c2ccccc2)C(C)(C)C)c2cccs2)cc(OC)c1OC. The van der Waals surface area contributed by atoms with Crippen LogP contribution in [0.15, 0.2) is 120 Å². The van der Waals surface area contributed by atoms with Gasteiger partial charge >= 0.3 is 0 Å². The van der Waals surface area contributed by atoms with Crippen LogP contribution in [0.5, 0.6) is 17.2 Å². The Morgan fingerprint density at radius 3 is 1.89 bits per heavy atom. The molecule has 1 heterocycles. The smallest absolute Gasteiger partial charge is 0.261 e. The van der Waals surface area contributed by atoms with Gasteiger partial charge in [-0.1, -0.05) is 123 Å². The summed E-state index contributed by atoms with van der Waals surface area (Å²) in [4.78, 5) is 1.29. The van der Waals surface area contributed by atoms with Crippen LogP contribution >= 0.6 is 11.3 Å². The summed E-state index contributed by atoms with van der Waals surface area (Å²) in [6.45, 7) is 9.27. The van der Waals surface area contributed by atoms with E-state index >= 15 is 0 Å². The zero-order chi connectivity index (χ0) is 33.7. The second-order valence-corrected chi connectivity index (χ2v) is 17.9. The lowest BCUT2D eigenvalue weighted by molar-refractivity contribution is 0.184. The van der Waals surface area contributed by atoms with Gasteiger partial charge in [0.15, 0.2) is 11.5 Å². The second-order valence-electron chi connectivity index (χ2n) is 12.7. The molecular formula is C41H50O4SSi. The first kappa shape index (κ1) is 36.0. The lowest BCUT2D eigenvalue weighted by Crippen LogP contribution is -2.66. The van der Waals surface area contributed by atoms with Gasteiger partial charge in [-0.15, -0.1) is 11.3 Å². The normalized spacial score (nSPS) is 13.3. The molecule has 1 unspecified atom stereocenters. The van der Waals surface area contributed by atoms with Crippen molar-refractivity contribution in [3.63, 3.8) is 0 Å². The maximum Gasteiger partial charge on any atom is 0.261 e. The average molecular weight is 667 g/mol. The van der Waals surface area contributed by atoms with E-state index in [0.29, 0.717) is 17.2 Å². The summed E-state index contributed by atoms with van der Waals surface area (Å²) < 4.78 is 24.0. The summed E-state index contributed by atoms with van der Waals surface area (Å²) in [6, 6.07) is 30.2. The maximum atomic E-state index is 7.59. The first-order valence-electron chi connectivity index (χ1n) is 16.3. The van der Waals surface area contributed by atoms with E-state index in [9.17, 15) is 0 Å². The Bertz CT molecular complexity index is 1540. The average Bonchev–Trinajstić information content (AvgIpc) is 3.63. The summed E-state index contributed by atoms with van der Waals surface area (Å²) in [5.41, 5.74) is 2.36. The van der Waals surface area contributed by atoms with E-state index in [-0.39, 0.29) is 11.1 Å². The number of benzene rings is 3. The minimum atomic E-state index is -2.68. The first-order chi connectivity index (χ1) is 22.7. The fourth-order valence-corrected chi connectivity index (χ4v) is 11.6. The highest BCUT2D eigenvalue weighted by molar-refractivity contribution is 7.10. The third-order valence-electron chi connectivity index (χ3n) is 8.41. The van der Waals surface area contributed by atoms with E-state index in [1.54, 1.807) is 32.7 Å². The number of unbranched alkanes of at least 4 members (excludes halogenated alkanes) is 1. The number of methoxy groups -OCH3 is 3. The van der Waals surface area contributed by atoms with Gasteiger partial charge in [-0.3, -0.25) is 0 Å². The fourth-order valence-electron chi connectivity index (χ4n) is 6.02. The Balaban J connectivity index is 1.44. The molecule has 0 N–H and O–H groups in total. The van der Waals surface area contributed by atoms with Crippen LogP contribution < -0.4 is 24.6 Å². The molecule has 248 valence electrons. The van der Waals surface area contributed by atoms with Crippen molar-refractivity contribution in [3.05, 3.63) is 131 Å². The third kappa shape index (κ3) is 9.16. The number of hydrogen-bond acceptors (Lipinski definition) is 5. The standard InChI is InChI=1S/C41H50O4SSi/c1-32(20-13-9-8-10-14-21-33-30-37(42-5)40(44-7)38(31-33)43-6)27-28-36(39-26-19-29-46-39)45-47(41(2,3)4,34-22-15-11-16-23-34)35-24-17-12-18-25-35/h9,11-26,29-31,36H,8,10,27-28H2,1-7H3/b13-9+,21-14+,32-20+. The van der Waals surface area contributed by atoms with Gasteiger partial charge in [0.05, 0.1) is 27.4 Å². The second kappa shape index (κ2) is 17.3. The zero-order valence-electron chi connectivity index (χ0n) is 29.0. The number of allylic oxidation sites excluding steroid dienone is 5. The summed E-state index contributed by atoms with van der Waals surface area (Å²) in [6.07, 6.45) is 14.7. The molecule has 47 heavy (non-hydrogen) atoms. The van der Waals surface area contributed by atoms with E-state index in [0.717, 1.165) is 31.2 Å². The van der Waals surface area contributed by atoms with Crippen molar-refractivity contribution in [2.75, 3.05) is 21.3 Å². The van der Waals surface area contributed by atoms with Crippen LogP contribution in [-0.4, -0.2) is 29.6 Å². The quantitative estimate of drug-likeness (QED) is 0.0678. The summed E-state index contributed by atoms with van der Waals surface area (Å²) in [7, 11) is 2.21. The van der Waals surface area contributed by atoms with Crippen molar-refractivity contribution in [1.82, 2.24) is 0 Å². The monoisotopic (exact) mass is 666 g/mol. The van der Waals surface area contributed by atoms with Crippen molar-refractivity contribution in [3.8, 4) is 17.2 Å². The molecule has 0 saturated heterocycles. The molecule has 3 aromatic carbocycles. The minimum Gasteiger partial charge on any atom is -0.493 e. The van der Waals surface area contributed by atoms with Crippen LogP contribution in [0, 0.1) is 0 Å². The molecule has 1 atom stereocenters. The van der Waals surface area contributed by atoms with Crippen molar-refractivity contribution in [2.24, 2.45) is 0 Å². The molecule has 0 radical (unpaired) electrons. The Morgan fingerprint density at radius 1 is 0.787 bits per heavy atom. The molecular weight excluding hydrogens is 617 g/mol. The Morgan fingerprint density at radius 2 is 1.38 bits per heavy atom. The van der Waals surface area contributed by atoms with Gasteiger partial charge in [0, 0.05) is 4.88 Å². The Labute approximate surface area is 287 Å². The summed E-state index contributed by atoms with van der Waals surface area (Å²) >= 11 is 1.79. The molecule has 4 aromatic rings. The molecule has 4 nitrogen and oxygen atoms in total. The van der Waals surface area contributed by atoms with Gasteiger partial charge in [-0.2, -0.15) is 0 Å². The largest absolute Gasteiger partial charge is 0.493 e. The van der Waals surface area contributed by atoms with E-state index in [2.05, 4.69) is 136 Å². The van der Waals surface area contributed by atoms with Gasteiger partial charge in [0.2, 0.25) is 5.75 Å². The lowest BCUT2D eigenvalue weighted by Gasteiger charge is -2.45. The number of thiophene rings is 1. The highest BCUT2D eigenvalue weighted by atomic mass is 32.1. The molecule has 6 heteroatoms. The van der Waals surface area contributed by atoms with Crippen LogP contribution in [0.1, 0.15) is 69.9 Å². The predicted octanol–water partition coefficient (Wildman–Crippen LogP) is 10.2. The van der Waals surface area contributed by atoms with Gasteiger partial charge in [0.25, 0.3) is 8.32 Å². The minimum absolute atomic E-state index is 0.00831. The summed E-state index contributed by atoms with van der Waals surface area (Å²) in [5.74, 6) is 1.92. The van der Waals surface area contributed by atoms with Crippen LogP contribution in [0.25, 0.3) is 6.08 Å². The van der Waals surface area contributed by atoms with Crippen LogP contribution in [-0.2, 0) is 4.43 Å². The molecule has 0 spiro atoms. The van der Waals surface area contributed by atoms with Crippen molar-refractivity contribution >= 4 is 36.1 Å². The van der Waals surface area contributed by atoms with Crippen molar-refractivity contribution < 1.29 is 18.6 Å². The van der Waals surface area contributed by atoms with Crippen LogP contribution in [0.3, 0.4) is 0 Å². The lowest BCUT2D eigenvalue weighted by atomic mass is 10.1. The highest BCUT2D eigenvalue weighted by Gasteiger charge is 2.51. The van der Waals surface area contributed by atoms with Gasteiger partial charge in [-0.05, 0) is 77.2 Å².